The molecule has 2 heterocycles. The molecule has 0 aliphatic carbocycles. The Hall–Kier alpha value is -4.55. The molecule has 168 valence electrons. The Morgan fingerprint density at radius 3 is 2.40 bits per heavy atom. The van der Waals surface area contributed by atoms with Gasteiger partial charge in [-0.15, -0.1) is 11.3 Å². The van der Waals surface area contributed by atoms with Gasteiger partial charge in [-0.1, -0.05) is 72.8 Å². The molecular formula is C29H18N2O3S. The highest BCUT2D eigenvalue weighted by Crippen LogP contribution is 2.31. The van der Waals surface area contributed by atoms with Crippen molar-refractivity contribution in [2.45, 2.75) is 0 Å². The molecule has 2 aromatic heterocycles. The SMILES string of the molecule is O=C(Nc1nc(-c2cccc3ccccc23)cs1)c1ccc(-c2cc3ccccc3oc2=O)cc1. The van der Waals surface area contributed by atoms with Crippen LogP contribution in [0.15, 0.2) is 112 Å². The van der Waals surface area contributed by atoms with Crippen LogP contribution in [0, 0.1) is 0 Å². The molecule has 0 saturated carbocycles. The number of thiazole rings is 1. The van der Waals surface area contributed by atoms with Gasteiger partial charge >= 0.3 is 5.63 Å². The van der Waals surface area contributed by atoms with E-state index in [0.717, 1.165) is 27.4 Å². The third-order valence-corrected chi connectivity index (χ3v) is 6.65. The lowest BCUT2D eigenvalue weighted by Crippen LogP contribution is -2.11. The Kier molecular flexibility index (Phi) is 5.20. The molecular weight excluding hydrogens is 456 g/mol. The molecule has 6 heteroatoms. The van der Waals surface area contributed by atoms with Crippen molar-refractivity contribution in [1.82, 2.24) is 4.98 Å². The second kappa shape index (κ2) is 8.66. The summed E-state index contributed by atoms with van der Waals surface area (Å²) in [6.07, 6.45) is 0. The maximum absolute atomic E-state index is 12.8. The second-order valence-electron chi connectivity index (χ2n) is 8.08. The zero-order chi connectivity index (χ0) is 23.8. The number of rotatable bonds is 4. The number of nitrogens with zero attached hydrogens (tertiary/aromatic N) is 1. The maximum Gasteiger partial charge on any atom is 0.344 e. The summed E-state index contributed by atoms with van der Waals surface area (Å²) in [6, 6.07) is 30.3. The topological polar surface area (TPSA) is 72.2 Å². The van der Waals surface area contributed by atoms with Crippen molar-refractivity contribution in [3.63, 3.8) is 0 Å². The predicted molar refractivity (Wildman–Crippen MR) is 141 cm³/mol. The lowest BCUT2D eigenvalue weighted by molar-refractivity contribution is 0.102. The number of nitrogens with one attached hydrogen (secondary N) is 1. The Morgan fingerprint density at radius 1 is 0.800 bits per heavy atom. The molecule has 0 aliphatic heterocycles. The molecule has 0 fully saturated rings. The Labute approximate surface area is 204 Å². The van der Waals surface area contributed by atoms with Gasteiger partial charge in [-0.3, -0.25) is 10.1 Å². The van der Waals surface area contributed by atoms with Gasteiger partial charge in [0.25, 0.3) is 5.91 Å². The molecule has 0 spiro atoms. The zero-order valence-electron chi connectivity index (χ0n) is 18.4. The van der Waals surface area contributed by atoms with E-state index in [2.05, 4.69) is 28.5 Å². The number of carbonyl (C=O) groups excluding carboxylic acids is 1. The van der Waals surface area contributed by atoms with Crippen molar-refractivity contribution in [1.29, 1.82) is 0 Å². The van der Waals surface area contributed by atoms with Gasteiger partial charge in [-0.05, 0) is 40.6 Å². The summed E-state index contributed by atoms with van der Waals surface area (Å²) in [5.74, 6) is -0.263. The highest BCUT2D eigenvalue weighted by atomic mass is 32.1. The van der Waals surface area contributed by atoms with Crippen LogP contribution in [0.5, 0.6) is 0 Å². The first-order valence-corrected chi connectivity index (χ1v) is 11.9. The molecule has 1 amide bonds. The van der Waals surface area contributed by atoms with E-state index >= 15 is 0 Å². The highest BCUT2D eigenvalue weighted by molar-refractivity contribution is 7.14. The quantitative estimate of drug-likeness (QED) is 0.280. The van der Waals surface area contributed by atoms with Gasteiger partial charge in [0.2, 0.25) is 0 Å². The summed E-state index contributed by atoms with van der Waals surface area (Å²) in [7, 11) is 0. The minimum atomic E-state index is -0.412. The number of fused-ring (bicyclic) bond motifs is 2. The van der Waals surface area contributed by atoms with Gasteiger partial charge in [0.1, 0.15) is 5.58 Å². The largest absolute Gasteiger partial charge is 0.422 e. The first-order valence-electron chi connectivity index (χ1n) is 11.0. The van der Waals surface area contributed by atoms with E-state index in [1.807, 2.05) is 47.8 Å². The van der Waals surface area contributed by atoms with Crippen LogP contribution in [-0.4, -0.2) is 10.9 Å². The van der Waals surface area contributed by atoms with Crippen LogP contribution in [0.1, 0.15) is 10.4 Å². The first kappa shape index (κ1) is 21.0. The van der Waals surface area contributed by atoms with Crippen LogP contribution < -0.4 is 10.9 Å². The minimum absolute atomic E-state index is 0.263. The van der Waals surface area contributed by atoms with Crippen LogP contribution in [0.3, 0.4) is 0 Å². The molecule has 0 atom stereocenters. The molecule has 4 aromatic carbocycles. The van der Waals surface area contributed by atoms with E-state index in [4.69, 9.17) is 4.42 Å². The lowest BCUT2D eigenvalue weighted by atomic mass is 10.0. The van der Waals surface area contributed by atoms with Gasteiger partial charge in [-0.2, -0.15) is 0 Å². The van der Waals surface area contributed by atoms with Crippen molar-refractivity contribution in [3.05, 3.63) is 118 Å². The molecule has 0 radical (unpaired) electrons. The summed E-state index contributed by atoms with van der Waals surface area (Å²) in [6.45, 7) is 0. The standard InChI is InChI=1S/C29H18N2O3S/c32-27(31-29-30-25(17-35-29)23-10-5-8-18-6-1-3-9-22(18)23)20-14-12-19(13-15-20)24-16-21-7-2-4-11-26(21)34-28(24)33/h1-17H,(H,30,31,32). The normalized spacial score (nSPS) is 11.1. The third kappa shape index (κ3) is 4.00. The molecule has 35 heavy (non-hydrogen) atoms. The van der Waals surface area contributed by atoms with Crippen molar-refractivity contribution in [2.75, 3.05) is 5.32 Å². The van der Waals surface area contributed by atoms with Crippen LogP contribution >= 0.6 is 11.3 Å². The van der Waals surface area contributed by atoms with Gasteiger partial charge in [0.05, 0.1) is 11.3 Å². The fraction of sp³-hybridized carbons (Fsp3) is 0. The molecule has 6 aromatic rings. The molecule has 5 nitrogen and oxygen atoms in total. The van der Waals surface area contributed by atoms with Crippen molar-refractivity contribution < 1.29 is 9.21 Å². The Morgan fingerprint density at radius 2 is 1.54 bits per heavy atom. The van der Waals surface area contributed by atoms with Gasteiger partial charge < -0.3 is 4.42 Å². The summed E-state index contributed by atoms with van der Waals surface area (Å²) in [5, 5.41) is 8.45. The van der Waals surface area contributed by atoms with Gasteiger partial charge in [0.15, 0.2) is 5.13 Å². The smallest absolute Gasteiger partial charge is 0.344 e. The molecule has 0 bridgehead atoms. The lowest BCUT2D eigenvalue weighted by Gasteiger charge is -2.05. The molecule has 1 N–H and O–H groups in total. The zero-order valence-corrected chi connectivity index (χ0v) is 19.2. The van der Waals surface area contributed by atoms with E-state index in [1.54, 1.807) is 36.4 Å². The fourth-order valence-electron chi connectivity index (χ4n) is 4.14. The van der Waals surface area contributed by atoms with E-state index in [0.29, 0.717) is 27.4 Å². The van der Waals surface area contributed by atoms with E-state index < -0.39 is 5.63 Å². The molecule has 0 saturated heterocycles. The number of hydrogen-bond acceptors (Lipinski definition) is 5. The first-order chi connectivity index (χ1) is 17.2. The van der Waals surface area contributed by atoms with Crippen LogP contribution in [0.4, 0.5) is 5.13 Å². The average molecular weight is 475 g/mol. The highest BCUT2D eigenvalue weighted by Gasteiger charge is 2.13. The van der Waals surface area contributed by atoms with Crippen molar-refractivity contribution in [3.8, 4) is 22.4 Å². The van der Waals surface area contributed by atoms with Crippen LogP contribution in [-0.2, 0) is 0 Å². The second-order valence-corrected chi connectivity index (χ2v) is 8.94. The minimum Gasteiger partial charge on any atom is -0.422 e. The van der Waals surface area contributed by atoms with E-state index in [1.165, 1.54) is 11.3 Å². The Bertz CT molecular complexity index is 1760. The molecule has 0 aliphatic rings. The summed E-state index contributed by atoms with van der Waals surface area (Å²) in [5.41, 5.74) is 3.59. The number of benzene rings is 4. The monoisotopic (exact) mass is 474 g/mol. The number of aromatic nitrogens is 1. The number of amides is 1. The number of hydrogen-bond donors (Lipinski definition) is 1. The number of anilines is 1. The van der Waals surface area contributed by atoms with Gasteiger partial charge in [-0.25, -0.2) is 9.78 Å². The van der Waals surface area contributed by atoms with Crippen molar-refractivity contribution >= 4 is 44.1 Å². The predicted octanol–water partition coefficient (Wildman–Crippen LogP) is 6.99. The maximum atomic E-state index is 12.8. The van der Waals surface area contributed by atoms with Crippen LogP contribution in [0.25, 0.3) is 44.1 Å². The van der Waals surface area contributed by atoms with Crippen LogP contribution in [0.2, 0.25) is 0 Å². The number of carbonyl (C=O) groups is 1. The summed E-state index contributed by atoms with van der Waals surface area (Å²) < 4.78 is 5.43. The third-order valence-electron chi connectivity index (χ3n) is 5.89. The molecule has 6 rings (SSSR count). The summed E-state index contributed by atoms with van der Waals surface area (Å²) >= 11 is 1.38. The molecule has 0 unspecified atom stereocenters. The van der Waals surface area contributed by atoms with E-state index in [9.17, 15) is 9.59 Å². The Balaban J connectivity index is 1.23. The van der Waals surface area contributed by atoms with E-state index in [-0.39, 0.29) is 5.91 Å². The average Bonchev–Trinajstić information content (AvgIpc) is 3.36. The fourth-order valence-corrected chi connectivity index (χ4v) is 4.84. The number of para-hydroxylation sites is 1. The van der Waals surface area contributed by atoms with Crippen molar-refractivity contribution in [2.24, 2.45) is 0 Å². The summed E-state index contributed by atoms with van der Waals surface area (Å²) in [4.78, 5) is 29.9. The van der Waals surface area contributed by atoms with Gasteiger partial charge in [0, 0.05) is 21.9 Å².